The molecule has 90 valence electrons. The summed E-state index contributed by atoms with van der Waals surface area (Å²) < 4.78 is 0. The quantitative estimate of drug-likeness (QED) is 0.688. The van der Waals surface area contributed by atoms with Gasteiger partial charge in [0.05, 0.1) is 0 Å². The smallest absolute Gasteiger partial charge is 0.144 e. The van der Waals surface area contributed by atoms with E-state index in [1.165, 1.54) is 0 Å². The zero-order valence-corrected chi connectivity index (χ0v) is 11.0. The van der Waals surface area contributed by atoms with E-state index in [2.05, 4.69) is 11.1 Å². The van der Waals surface area contributed by atoms with E-state index in [-0.39, 0.29) is 0 Å². The van der Waals surface area contributed by atoms with Gasteiger partial charge in [0.15, 0.2) is 0 Å². The fraction of sp³-hybridized carbons (Fsp3) is 0.0769. The highest BCUT2D eigenvalue weighted by molar-refractivity contribution is 7.98. The fourth-order valence-corrected chi connectivity index (χ4v) is 2.67. The van der Waals surface area contributed by atoms with Crippen molar-refractivity contribution >= 4 is 29.1 Å². The van der Waals surface area contributed by atoms with Gasteiger partial charge >= 0.3 is 0 Å². The summed E-state index contributed by atoms with van der Waals surface area (Å²) in [6, 6.07) is 11.1. The van der Waals surface area contributed by atoms with Crippen LogP contribution in [0.4, 0.5) is 5.69 Å². The predicted molar refractivity (Wildman–Crippen MR) is 74.4 cm³/mol. The molecule has 2 aromatic rings. The summed E-state index contributed by atoms with van der Waals surface area (Å²) in [4.78, 5) is 4.93. The van der Waals surface area contributed by atoms with Crippen molar-refractivity contribution in [2.75, 3.05) is 5.73 Å². The highest BCUT2D eigenvalue weighted by Gasteiger charge is 2.05. The first-order valence-electron chi connectivity index (χ1n) is 5.22. The number of nitrogens with two attached hydrogens (primary N) is 1. The van der Waals surface area contributed by atoms with E-state index in [1.807, 2.05) is 18.2 Å². The number of aromatic nitrogens is 1. The lowest BCUT2D eigenvalue weighted by Gasteiger charge is -2.06. The number of pyridine rings is 1. The average molecular weight is 276 g/mol. The molecule has 0 radical (unpaired) electrons. The molecule has 0 amide bonds. The summed E-state index contributed by atoms with van der Waals surface area (Å²) in [6.07, 6.45) is 1.61. The van der Waals surface area contributed by atoms with E-state index in [4.69, 9.17) is 22.6 Å². The second kappa shape index (κ2) is 5.76. The first-order valence-corrected chi connectivity index (χ1v) is 6.59. The van der Waals surface area contributed by atoms with E-state index < -0.39 is 0 Å². The minimum Gasteiger partial charge on any atom is -0.398 e. The lowest BCUT2D eigenvalue weighted by Crippen LogP contribution is -1.92. The maximum atomic E-state index is 8.95. The van der Waals surface area contributed by atoms with E-state index >= 15 is 0 Å². The minimum absolute atomic E-state index is 0.450. The molecule has 0 spiro atoms. The summed E-state index contributed by atoms with van der Waals surface area (Å²) in [5.41, 5.74) is 7.89. The van der Waals surface area contributed by atoms with Crippen LogP contribution in [-0.4, -0.2) is 4.98 Å². The standard InChI is InChI=1S/C13H10ClN3S/c14-10-3-4-11(16)13(6-10)18-8-9-2-1-5-17-12(9)7-15/h1-6H,8,16H2. The third kappa shape index (κ3) is 2.95. The molecule has 1 aromatic carbocycles. The molecule has 0 aliphatic rings. The largest absolute Gasteiger partial charge is 0.398 e. The average Bonchev–Trinajstić information content (AvgIpc) is 2.40. The van der Waals surface area contributed by atoms with Crippen LogP contribution in [-0.2, 0) is 5.75 Å². The third-order valence-electron chi connectivity index (χ3n) is 2.36. The minimum atomic E-state index is 0.450. The molecule has 0 unspecified atom stereocenters. The SMILES string of the molecule is N#Cc1ncccc1CSc1cc(Cl)ccc1N. The third-order valence-corrected chi connectivity index (χ3v) is 3.71. The topological polar surface area (TPSA) is 62.7 Å². The Balaban J connectivity index is 2.17. The number of nitriles is 1. The Hall–Kier alpha value is -1.70. The van der Waals surface area contributed by atoms with Crippen molar-refractivity contribution in [3.05, 3.63) is 52.8 Å². The van der Waals surface area contributed by atoms with Crippen LogP contribution in [0.25, 0.3) is 0 Å². The van der Waals surface area contributed by atoms with Gasteiger partial charge in [-0.1, -0.05) is 17.7 Å². The van der Waals surface area contributed by atoms with Crippen LogP contribution in [0.3, 0.4) is 0 Å². The van der Waals surface area contributed by atoms with Crippen molar-refractivity contribution in [3.63, 3.8) is 0 Å². The monoisotopic (exact) mass is 275 g/mol. The summed E-state index contributed by atoms with van der Waals surface area (Å²) in [6.45, 7) is 0. The van der Waals surface area contributed by atoms with Gasteiger partial charge in [0.25, 0.3) is 0 Å². The molecular formula is C13H10ClN3S. The Bertz CT molecular complexity index is 607. The molecule has 18 heavy (non-hydrogen) atoms. The van der Waals surface area contributed by atoms with Gasteiger partial charge in [0, 0.05) is 27.6 Å². The van der Waals surface area contributed by atoms with Crippen LogP contribution in [0.2, 0.25) is 5.02 Å². The fourth-order valence-electron chi connectivity index (χ4n) is 1.44. The lowest BCUT2D eigenvalue weighted by molar-refractivity contribution is 1.19. The van der Waals surface area contributed by atoms with Crippen LogP contribution in [0.1, 0.15) is 11.3 Å². The Morgan fingerprint density at radius 1 is 1.39 bits per heavy atom. The second-order valence-corrected chi connectivity index (χ2v) is 5.05. The molecule has 3 nitrogen and oxygen atoms in total. The molecule has 1 aromatic heterocycles. The molecule has 1 heterocycles. The van der Waals surface area contributed by atoms with Gasteiger partial charge in [0.2, 0.25) is 0 Å². The van der Waals surface area contributed by atoms with Gasteiger partial charge in [-0.05, 0) is 29.8 Å². The number of halogens is 1. The molecule has 2 rings (SSSR count). The molecule has 0 fully saturated rings. The number of thioether (sulfide) groups is 1. The second-order valence-electron chi connectivity index (χ2n) is 3.59. The van der Waals surface area contributed by atoms with Gasteiger partial charge in [-0.3, -0.25) is 0 Å². The number of anilines is 1. The molecule has 0 aliphatic carbocycles. The van der Waals surface area contributed by atoms with Gasteiger partial charge in [-0.2, -0.15) is 5.26 Å². The van der Waals surface area contributed by atoms with Crippen LogP contribution in [0.5, 0.6) is 0 Å². The van der Waals surface area contributed by atoms with E-state index in [1.54, 1.807) is 30.1 Å². The molecule has 0 atom stereocenters. The van der Waals surface area contributed by atoms with Crippen LogP contribution < -0.4 is 5.73 Å². The Labute approximate surface area is 115 Å². The predicted octanol–water partition coefficient (Wildman–Crippen LogP) is 3.48. The molecule has 5 heteroatoms. The van der Waals surface area contributed by atoms with E-state index in [0.717, 1.165) is 10.5 Å². The van der Waals surface area contributed by atoms with Gasteiger partial charge in [0.1, 0.15) is 11.8 Å². The molecule has 2 N–H and O–H groups in total. The summed E-state index contributed by atoms with van der Waals surface area (Å²) in [5, 5.41) is 9.60. The van der Waals surface area contributed by atoms with Gasteiger partial charge in [-0.15, -0.1) is 11.8 Å². The van der Waals surface area contributed by atoms with Crippen LogP contribution >= 0.6 is 23.4 Å². The van der Waals surface area contributed by atoms with Crippen molar-refractivity contribution in [2.24, 2.45) is 0 Å². The first-order chi connectivity index (χ1) is 8.70. The van der Waals surface area contributed by atoms with Crippen LogP contribution in [0, 0.1) is 11.3 Å². The maximum absolute atomic E-state index is 8.95. The number of hydrogen-bond donors (Lipinski definition) is 1. The number of nitrogen functional groups attached to an aromatic ring is 1. The highest BCUT2D eigenvalue weighted by Crippen LogP contribution is 2.30. The lowest BCUT2D eigenvalue weighted by atomic mass is 10.2. The normalized spacial score (nSPS) is 10.0. The van der Waals surface area contributed by atoms with Gasteiger partial charge < -0.3 is 5.73 Å². The van der Waals surface area contributed by atoms with Crippen molar-refractivity contribution in [2.45, 2.75) is 10.6 Å². The molecular weight excluding hydrogens is 266 g/mol. The highest BCUT2D eigenvalue weighted by atomic mass is 35.5. The van der Waals surface area contributed by atoms with E-state index in [0.29, 0.717) is 22.2 Å². The molecule has 0 aliphatic heterocycles. The van der Waals surface area contributed by atoms with Crippen molar-refractivity contribution in [3.8, 4) is 6.07 Å². The summed E-state index contributed by atoms with van der Waals surface area (Å²) >= 11 is 7.47. The summed E-state index contributed by atoms with van der Waals surface area (Å²) in [7, 11) is 0. The zero-order chi connectivity index (χ0) is 13.0. The van der Waals surface area contributed by atoms with E-state index in [9.17, 15) is 0 Å². The van der Waals surface area contributed by atoms with Crippen LogP contribution in [0.15, 0.2) is 41.4 Å². The van der Waals surface area contributed by atoms with Crippen molar-refractivity contribution in [1.29, 1.82) is 5.26 Å². The Morgan fingerprint density at radius 3 is 3.00 bits per heavy atom. The maximum Gasteiger partial charge on any atom is 0.144 e. The summed E-state index contributed by atoms with van der Waals surface area (Å²) in [5.74, 6) is 0.640. The Kier molecular flexibility index (Phi) is 4.08. The number of rotatable bonds is 3. The molecule has 0 saturated carbocycles. The molecule has 0 saturated heterocycles. The van der Waals surface area contributed by atoms with Crippen molar-refractivity contribution in [1.82, 2.24) is 4.98 Å². The number of nitrogens with zero attached hydrogens (tertiary/aromatic N) is 2. The number of benzene rings is 1. The zero-order valence-electron chi connectivity index (χ0n) is 9.43. The van der Waals surface area contributed by atoms with Crippen molar-refractivity contribution < 1.29 is 0 Å². The molecule has 0 bridgehead atoms. The Morgan fingerprint density at radius 2 is 2.22 bits per heavy atom. The first kappa shape index (κ1) is 12.7. The van der Waals surface area contributed by atoms with Gasteiger partial charge in [-0.25, -0.2) is 4.98 Å². The number of hydrogen-bond acceptors (Lipinski definition) is 4.